The van der Waals surface area contributed by atoms with Crippen LogP contribution in [0.5, 0.6) is 17.2 Å². The smallest absolute Gasteiger partial charge is 0.161 e. The molecule has 7 heteroatoms. The first-order chi connectivity index (χ1) is 20.1. The number of hydrogen-bond acceptors (Lipinski definition) is 5. The van der Waals surface area contributed by atoms with Crippen molar-refractivity contribution in [1.29, 1.82) is 0 Å². The lowest BCUT2D eigenvalue weighted by molar-refractivity contribution is 0.249. The number of unbranched alkanes of at least 4 members (excludes halogenated alkanes) is 1. The van der Waals surface area contributed by atoms with Crippen LogP contribution in [0.1, 0.15) is 52.5 Å². The normalized spacial score (nSPS) is 11.4. The summed E-state index contributed by atoms with van der Waals surface area (Å²) in [5.74, 6) is 3.29. The number of aromatic nitrogens is 2. The van der Waals surface area contributed by atoms with Crippen molar-refractivity contribution in [3.05, 3.63) is 71.2 Å². The Balaban J connectivity index is 1.54. The second kappa shape index (κ2) is 15.7. The second-order valence-corrected chi connectivity index (χ2v) is 10.6. The Bertz CT molecular complexity index is 1370. The maximum Gasteiger partial charge on any atom is 0.161 e. The predicted octanol–water partition coefficient (Wildman–Crippen LogP) is 8.29. The van der Waals surface area contributed by atoms with Gasteiger partial charge < -0.3 is 23.7 Å². The summed E-state index contributed by atoms with van der Waals surface area (Å²) in [5, 5.41) is 0.739. The molecule has 0 bridgehead atoms. The van der Waals surface area contributed by atoms with E-state index in [1.54, 1.807) is 0 Å². The van der Waals surface area contributed by atoms with Gasteiger partial charge in [-0.2, -0.15) is 0 Å². The highest BCUT2D eigenvalue weighted by Gasteiger charge is 2.16. The Labute approximate surface area is 250 Å². The number of ether oxygens (including phenoxy) is 3. The summed E-state index contributed by atoms with van der Waals surface area (Å²) < 4.78 is 20.6. The fourth-order valence-corrected chi connectivity index (χ4v) is 5.06. The number of nitrogens with zero attached hydrogens (tertiary/aromatic N) is 3. The van der Waals surface area contributed by atoms with Crippen LogP contribution in [0.25, 0.3) is 22.4 Å². The topological polar surface area (TPSA) is 48.8 Å². The highest BCUT2D eigenvalue weighted by molar-refractivity contribution is 6.30. The quantitative estimate of drug-likeness (QED) is 0.118. The predicted molar refractivity (Wildman–Crippen MR) is 170 cm³/mol. The molecule has 4 aromatic rings. The molecule has 0 saturated heterocycles. The van der Waals surface area contributed by atoms with E-state index in [4.69, 9.17) is 30.8 Å². The minimum atomic E-state index is 0.549. The molecule has 220 valence electrons. The van der Waals surface area contributed by atoms with E-state index < -0.39 is 0 Å². The zero-order chi connectivity index (χ0) is 29.0. The number of halogens is 1. The molecule has 41 heavy (non-hydrogen) atoms. The van der Waals surface area contributed by atoms with Crippen LogP contribution in [0, 0.1) is 0 Å². The first-order valence-electron chi connectivity index (χ1n) is 15.1. The van der Waals surface area contributed by atoms with Crippen molar-refractivity contribution in [2.75, 3.05) is 39.5 Å². The Morgan fingerprint density at radius 3 is 2.34 bits per heavy atom. The van der Waals surface area contributed by atoms with Crippen LogP contribution >= 0.6 is 11.6 Å². The van der Waals surface area contributed by atoms with Crippen molar-refractivity contribution < 1.29 is 14.2 Å². The molecule has 1 aromatic heterocycles. The lowest BCUT2D eigenvalue weighted by atomic mass is 10.1. The Hall–Kier alpha value is -3.22. The van der Waals surface area contributed by atoms with Gasteiger partial charge >= 0.3 is 0 Å². The Morgan fingerprint density at radius 2 is 1.61 bits per heavy atom. The molecule has 0 atom stereocenters. The summed E-state index contributed by atoms with van der Waals surface area (Å²) in [4.78, 5) is 7.47. The monoisotopic (exact) mass is 577 g/mol. The van der Waals surface area contributed by atoms with Gasteiger partial charge in [0.2, 0.25) is 0 Å². The standard InChI is InChI=1S/C34H44ClN3O3/c1-5-9-21-38-31-25-29(40-22-10-20-37(6-2)7-3)16-17-30(31)36-34(38)27-13-18-32(33(24-27)39-8-4)41-23-19-26-11-14-28(35)15-12-26/h11-18,24-25H,5-10,19-23H2,1-4H3. The highest BCUT2D eigenvalue weighted by atomic mass is 35.5. The molecule has 0 aliphatic rings. The Kier molecular flexibility index (Phi) is 11.8. The summed E-state index contributed by atoms with van der Waals surface area (Å²) in [6.45, 7) is 14.5. The van der Waals surface area contributed by atoms with E-state index in [2.05, 4.69) is 54.5 Å². The van der Waals surface area contributed by atoms with E-state index >= 15 is 0 Å². The van der Waals surface area contributed by atoms with Crippen molar-refractivity contribution in [3.8, 4) is 28.6 Å². The van der Waals surface area contributed by atoms with Crippen molar-refractivity contribution in [2.45, 2.75) is 59.9 Å². The zero-order valence-corrected chi connectivity index (χ0v) is 25.8. The van der Waals surface area contributed by atoms with Crippen LogP contribution in [0.3, 0.4) is 0 Å². The van der Waals surface area contributed by atoms with E-state index in [0.29, 0.717) is 19.8 Å². The van der Waals surface area contributed by atoms with Gasteiger partial charge in [-0.1, -0.05) is 50.9 Å². The van der Waals surface area contributed by atoms with Crippen molar-refractivity contribution in [2.24, 2.45) is 0 Å². The number of benzene rings is 3. The first kappa shape index (κ1) is 30.7. The Morgan fingerprint density at radius 1 is 0.805 bits per heavy atom. The van der Waals surface area contributed by atoms with Gasteiger partial charge in [-0.25, -0.2) is 4.98 Å². The van der Waals surface area contributed by atoms with Crippen LogP contribution in [-0.2, 0) is 13.0 Å². The van der Waals surface area contributed by atoms with Crippen LogP contribution in [0.4, 0.5) is 0 Å². The number of imidazole rings is 1. The van der Waals surface area contributed by atoms with Gasteiger partial charge in [0.05, 0.1) is 30.9 Å². The average molecular weight is 578 g/mol. The third-order valence-corrected chi connectivity index (χ3v) is 7.55. The van der Waals surface area contributed by atoms with Gasteiger partial charge in [0.15, 0.2) is 11.5 Å². The molecule has 4 rings (SSSR count). The molecule has 6 nitrogen and oxygen atoms in total. The van der Waals surface area contributed by atoms with Crippen LogP contribution < -0.4 is 14.2 Å². The van der Waals surface area contributed by atoms with E-state index in [1.807, 2.05) is 43.3 Å². The molecule has 0 radical (unpaired) electrons. The molecule has 0 spiro atoms. The van der Waals surface area contributed by atoms with Gasteiger partial charge in [0, 0.05) is 36.2 Å². The third kappa shape index (κ3) is 8.40. The van der Waals surface area contributed by atoms with Crippen LogP contribution in [-0.4, -0.2) is 53.9 Å². The van der Waals surface area contributed by atoms with Crippen molar-refractivity contribution in [3.63, 3.8) is 0 Å². The lowest BCUT2D eigenvalue weighted by Gasteiger charge is -2.17. The average Bonchev–Trinajstić information content (AvgIpc) is 3.35. The van der Waals surface area contributed by atoms with E-state index in [0.717, 1.165) is 96.6 Å². The summed E-state index contributed by atoms with van der Waals surface area (Å²) in [7, 11) is 0. The second-order valence-electron chi connectivity index (χ2n) is 10.1. The van der Waals surface area contributed by atoms with E-state index in [-0.39, 0.29) is 0 Å². The molecule has 0 fully saturated rings. The molecular formula is C34H44ClN3O3. The number of hydrogen-bond donors (Lipinski definition) is 0. The minimum Gasteiger partial charge on any atom is -0.493 e. The van der Waals surface area contributed by atoms with Gasteiger partial charge in [-0.3, -0.25) is 0 Å². The van der Waals surface area contributed by atoms with Gasteiger partial charge in [-0.05, 0) is 80.9 Å². The molecule has 0 aliphatic heterocycles. The maximum absolute atomic E-state index is 6.16. The van der Waals surface area contributed by atoms with Crippen LogP contribution in [0.15, 0.2) is 60.7 Å². The molecule has 0 amide bonds. The molecule has 3 aromatic carbocycles. The molecular weight excluding hydrogens is 534 g/mol. The van der Waals surface area contributed by atoms with E-state index in [9.17, 15) is 0 Å². The number of rotatable bonds is 17. The highest BCUT2D eigenvalue weighted by Crippen LogP contribution is 2.35. The lowest BCUT2D eigenvalue weighted by Crippen LogP contribution is -2.25. The summed E-state index contributed by atoms with van der Waals surface area (Å²) in [6.07, 6.45) is 3.97. The fourth-order valence-electron chi connectivity index (χ4n) is 4.94. The maximum atomic E-state index is 6.16. The summed E-state index contributed by atoms with van der Waals surface area (Å²) in [5.41, 5.74) is 4.25. The van der Waals surface area contributed by atoms with E-state index in [1.165, 1.54) is 5.56 Å². The van der Waals surface area contributed by atoms with Gasteiger partial charge in [0.1, 0.15) is 11.6 Å². The number of fused-ring (bicyclic) bond motifs is 1. The molecule has 0 saturated carbocycles. The molecule has 0 N–H and O–H groups in total. The molecule has 1 heterocycles. The van der Waals surface area contributed by atoms with Crippen molar-refractivity contribution in [1.82, 2.24) is 14.5 Å². The fraction of sp³-hybridized carbons (Fsp3) is 0.441. The summed E-state index contributed by atoms with van der Waals surface area (Å²) >= 11 is 6.02. The largest absolute Gasteiger partial charge is 0.493 e. The van der Waals surface area contributed by atoms with Crippen LogP contribution in [0.2, 0.25) is 5.02 Å². The summed E-state index contributed by atoms with van der Waals surface area (Å²) in [6, 6.07) is 20.2. The zero-order valence-electron chi connectivity index (χ0n) is 25.0. The number of aryl methyl sites for hydroxylation is 1. The van der Waals surface area contributed by atoms with Gasteiger partial charge in [-0.15, -0.1) is 0 Å². The minimum absolute atomic E-state index is 0.549. The molecule has 0 aliphatic carbocycles. The van der Waals surface area contributed by atoms with Crippen molar-refractivity contribution >= 4 is 22.6 Å². The molecule has 0 unspecified atom stereocenters. The van der Waals surface area contributed by atoms with Gasteiger partial charge in [0.25, 0.3) is 0 Å². The third-order valence-electron chi connectivity index (χ3n) is 7.30. The SMILES string of the molecule is CCCCn1c(-c2ccc(OCCc3ccc(Cl)cc3)c(OCC)c2)nc2ccc(OCCCN(CC)CC)cc21. The first-order valence-corrected chi connectivity index (χ1v) is 15.4.